The Morgan fingerprint density at radius 3 is 1.58 bits per heavy atom. The van der Waals surface area contributed by atoms with Gasteiger partial charge in [0, 0.05) is 0 Å². The van der Waals surface area contributed by atoms with Crippen molar-refractivity contribution in [2.24, 2.45) is 0 Å². The molecule has 0 N–H and O–H groups in total. The van der Waals surface area contributed by atoms with Crippen LogP contribution in [0, 0.1) is 0 Å². The average molecular weight is 164 g/mol. The molecule has 12 heavy (non-hydrogen) atoms. The summed E-state index contributed by atoms with van der Waals surface area (Å²) in [5.74, 6) is 0. The zero-order chi connectivity index (χ0) is 8.81. The van der Waals surface area contributed by atoms with Gasteiger partial charge in [-0.05, 0) is 24.0 Å². The molecule has 0 amide bonds. The largest absolute Gasteiger partial charge is 0.236 e. The number of hydrogen-bond acceptors (Lipinski definition) is 0. The van der Waals surface area contributed by atoms with Crippen LogP contribution in [0.15, 0.2) is 24.3 Å². The monoisotopic (exact) mass is 164 g/mol. The summed E-state index contributed by atoms with van der Waals surface area (Å²) in [6, 6.07) is 7.64. The van der Waals surface area contributed by atoms with Gasteiger partial charge in [-0.1, -0.05) is 24.3 Å². The summed E-state index contributed by atoms with van der Waals surface area (Å²) in [5, 5.41) is 20.8. The van der Waals surface area contributed by atoms with Crippen LogP contribution in [0.1, 0.15) is 11.1 Å². The molecule has 0 aliphatic heterocycles. The van der Waals surface area contributed by atoms with E-state index >= 15 is 0 Å². The third-order valence-corrected chi connectivity index (χ3v) is 1.86. The molecular weight excluding hydrogens is 152 g/mol. The Hall–Kier alpha value is -0.860. The molecule has 0 heterocycles. The van der Waals surface area contributed by atoms with Crippen molar-refractivity contribution in [3.05, 3.63) is 35.4 Å². The summed E-state index contributed by atoms with van der Waals surface area (Å²) in [7, 11) is 0. The van der Waals surface area contributed by atoms with Crippen molar-refractivity contribution in [3.63, 3.8) is 0 Å². The first-order chi connectivity index (χ1) is 5.88. The average Bonchev–Trinajstić information content (AvgIpc) is 2.09. The van der Waals surface area contributed by atoms with Crippen molar-refractivity contribution in [1.82, 2.24) is 0 Å². The van der Waals surface area contributed by atoms with Gasteiger partial charge in [-0.3, -0.25) is 0 Å². The van der Waals surface area contributed by atoms with E-state index in [1.54, 1.807) is 0 Å². The molecule has 2 heteroatoms. The molecule has 2 radical (unpaired) electrons. The first-order valence-electron chi connectivity index (χ1n) is 4.11. The van der Waals surface area contributed by atoms with Gasteiger partial charge in [0.15, 0.2) is 0 Å². The molecule has 0 atom stereocenters. The predicted molar refractivity (Wildman–Crippen MR) is 45.0 cm³/mol. The lowest BCUT2D eigenvalue weighted by Gasteiger charge is -2.04. The number of hydrogen-bond donors (Lipinski definition) is 0. The Morgan fingerprint density at radius 2 is 1.25 bits per heavy atom. The fourth-order valence-corrected chi connectivity index (χ4v) is 1.27. The molecule has 0 saturated heterocycles. The highest BCUT2D eigenvalue weighted by Crippen LogP contribution is 2.09. The third-order valence-electron chi connectivity index (χ3n) is 1.86. The predicted octanol–water partition coefficient (Wildman–Crippen LogP) is 1.63. The highest BCUT2D eigenvalue weighted by atomic mass is 16.3. The molecule has 1 rings (SSSR count). The summed E-state index contributed by atoms with van der Waals surface area (Å²) in [4.78, 5) is 0. The Balaban J connectivity index is 2.77. The second-order valence-electron chi connectivity index (χ2n) is 2.68. The minimum absolute atomic E-state index is 0.101. The highest BCUT2D eigenvalue weighted by molar-refractivity contribution is 5.27. The van der Waals surface area contributed by atoms with Gasteiger partial charge in [-0.15, -0.1) is 0 Å². The van der Waals surface area contributed by atoms with Crippen LogP contribution in [0.5, 0.6) is 0 Å². The van der Waals surface area contributed by atoms with Gasteiger partial charge in [-0.25, -0.2) is 10.2 Å². The van der Waals surface area contributed by atoms with Gasteiger partial charge in [0.05, 0.1) is 13.2 Å². The fourth-order valence-electron chi connectivity index (χ4n) is 1.27. The molecule has 0 spiro atoms. The molecule has 2 nitrogen and oxygen atoms in total. The molecule has 0 aromatic heterocycles. The SMILES string of the molecule is [O]CCc1ccccc1CC[O]. The molecule has 0 aliphatic carbocycles. The summed E-state index contributed by atoms with van der Waals surface area (Å²) in [6.45, 7) is -0.203. The topological polar surface area (TPSA) is 39.8 Å². The highest BCUT2D eigenvalue weighted by Gasteiger charge is 1.99. The summed E-state index contributed by atoms with van der Waals surface area (Å²) in [5.41, 5.74) is 2.06. The lowest BCUT2D eigenvalue weighted by Crippen LogP contribution is -1.98. The van der Waals surface area contributed by atoms with Crippen LogP contribution in [0.3, 0.4) is 0 Å². The van der Waals surface area contributed by atoms with Crippen LogP contribution in [-0.4, -0.2) is 13.2 Å². The zero-order valence-electron chi connectivity index (χ0n) is 6.95. The summed E-state index contributed by atoms with van der Waals surface area (Å²) < 4.78 is 0. The van der Waals surface area contributed by atoms with E-state index in [0.29, 0.717) is 12.8 Å². The fraction of sp³-hybridized carbons (Fsp3) is 0.400. The molecule has 0 bridgehead atoms. The van der Waals surface area contributed by atoms with Crippen LogP contribution < -0.4 is 0 Å². The second kappa shape index (κ2) is 4.91. The van der Waals surface area contributed by atoms with Gasteiger partial charge < -0.3 is 0 Å². The molecular formula is C10H12O2. The molecule has 0 fully saturated rings. The standard InChI is InChI=1S/C10H12O2/c11-7-5-9-3-1-2-4-10(9)6-8-12/h1-4H,5-8H2. The zero-order valence-corrected chi connectivity index (χ0v) is 6.95. The van der Waals surface area contributed by atoms with Crippen molar-refractivity contribution in [3.8, 4) is 0 Å². The Labute approximate surface area is 72.5 Å². The van der Waals surface area contributed by atoms with Crippen molar-refractivity contribution < 1.29 is 10.2 Å². The van der Waals surface area contributed by atoms with Crippen molar-refractivity contribution >= 4 is 0 Å². The Morgan fingerprint density at radius 1 is 0.833 bits per heavy atom. The van der Waals surface area contributed by atoms with E-state index in [9.17, 15) is 10.2 Å². The molecule has 0 unspecified atom stereocenters. The van der Waals surface area contributed by atoms with E-state index in [0.717, 1.165) is 11.1 Å². The molecule has 1 aromatic rings. The number of rotatable bonds is 4. The van der Waals surface area contributed by atoms with E-state index in [1.807, 2.05) is 24.3 Å². The van der Waals surface area contributed by atoms with Gasteiger partial charge >= 0.3 is 0 Å². The van der Waals surface area contributed by atoms with Crippen molar-refractivity contribution in [2.75, 3.05) is 13.2 Å². The quantitative estimate of drug-likeness (QED) is 0.649. The maximum atomic E-state index is 10.4. The second-order valence-corrected chi connectivity index (χ2v) is 2.68. The lowest BCUT2D eigenvalue weighted by molar-refractivity contribution is 0.192. The summed E-state index contributed by atoms with van der Waals surface area (Å²) >= 11 is 0. The van der Waals surface area contributed by atoms with Gasteiger partial charge in [0.25, 0.3) is 0 Å². The molecule has 0 saturated carbocycles. The van der Waals surface area contributed by atoms with Gasteiger partial charge in [-0.2, -0.15) is 0 Å². The lowest BCUT2D eigenvalue weighted by atomic mass is 10.0. The minimum Gasteiger partial charge on any atom is -0.236 e. The van der Waals surface area contributed by atoms with Gasteiger partial charge in [0.1, 0.15) is 0 Å². The van der Waals surface area contributed by atoms with Crippen LogP contribution >= 0.6 is 0 Å². The van der Waals surface area contributed by atoms with Crippen LogP contribution in [-0.2, 0) is 23.1 Å². The Kier molecular flexibility index (Phi) is 3.77. The van der Waals surface area contributed by atoms with E-state index in [4.69, 9.17) is 0 Å². The third kappa shape index (κ3) is 2.32. The van der Waals surface area contributed by atoms with Gasteiger partial charge in [0.2, 0.25) is 0 Å². The minimum atomic E-state index is -0.101. The van der Waals surface area contributed by atoms with Crippen LogP contribution in [0.2, 0.25) is 0 Å². The Bertz CT molecular complexity index is 208. The maximum Gasteiger partial charge on any atom is 0.0862 e. The maximum absolute atomic E-state index is 10.4. The molecule has 64 valence electrons. The van der Waals surface area contributed by atoms with Crippen LogP contribution in [0.25, 0.3) is 0 Å². The molecule has 0 aliphatic rings. The van der Waals surface area contributed by atoms with Crippen molar-refractivity contribution in [1.29, 1.82) is 0 Å². The van der Waals surface area contributed by atoms with E-state index in [2.05, 4.69) is 0 Å². The normalized spacial score (nSPS) is 10.2. The number of benzene rings is 1. The summed E-state index contributed by atoms with van der Waals surface area (Å²) in [6.07, 6.45) is 1.08. The first-order valence-corrected chi connectivity index (χ1v) is 4.11. The molecule has 1 aromatic carbocycles. The van der Waals surface area contributed by atoms with E-state index in [1.165, 1.54) is 0 Å². The van der Waals surface area contributed by atoms with Crippen molar-refractivity contribution in [2.45, 2.75) is 12.8 Å². The van der Waals surface area contributed by atoms with E-state index in [-0.39, 0.29) is 13.2 Å². The first kappa shape index (κ1) is 9.23. The van der Waals surface area contributed by atoms with E-state index < -0.39 is 0 Å². The van der Waals surface area contributed by atoms with Crippen LogP contribution in [0.4, 0.5) is 0 Å². The smallest absolute Gasteiger partial charge is 0.0862 e.